The number of pyridine rings is 1. The molecule has 1 amide bonds. The van der Waals surface area contributed by atoms with Crippen LogP contribution in [-0.2, 0) is 0 Å². The molecule has 0 aliphatic carbocycles. The lowest BCUT2D eigenvalue weighted by atomic mass is 10.1. The molecule has 2 aromatic heterocycles. The molecule has 6 nitrogen and oxygen atoms in total. The van der Waals surface area contributed by atoms with Crippen LogP contribution in [0.2, 0.25) is 0 Å². The van der Waals surface area contributed by atoms with E-state index in [1.165, 1.54) is 0 Å². The minimum atomic E-state index is -0.211. The van der Waals surface area contributed by atoms with Crippen molar-refractivity contribution >= 4 is 22.5 Å². The first-order valence-electron chi connectivity index (χ1n) is 8.00. The molecule has 0 aliphatic rings. The number of amides is 1. The molecule has 0 fully saturated rings. The van der Waals surface area contributed by atoms with Crippen LogP contribution < -0.4 is 10.1 Å². The van der Waals surface area contributed by atoms with Crippen LogP contribution in [0, 0.1) is 0 Å². The molecule has 26 heavy (non-hydrogen) atoms. The average Bonchev–Trinajstić information content (AvgIpc) is 2.68. The first-order valence-corrected chi connectivity index (χ1v) is 8.00. The molecule has 4 rings (SSSR count). The number of anilines is 1. The van der Waals surface area contributed by atoms with Gasteiger partial charge in [0, 0.05) is 41.3 Å². The maximum Gasteiger partial charge on any atom is 0.321 e. The number of benzene rings is 2. The smallest absolute Gasteiger partial charge is 0.321 e. The number of nitrogens with one attached hydrogen (secondary N) is 1. The Labute approximate surface area is 149 Å². The van der Waals surface area contributed by atoms with Gasteiger partial charge in [-0.3, -0.25) is 9.78 Å². The number of aromatic nitrogens is 3. The lowest BCUT2D eigenvalue weighted by Gasteiger charge is -2.09. The third-order valence-corrected chi connectivity index (χ3v) is 3.73. The SMILES string of the molecule is O=C(Nc1cccc(Oc2ncccn2)c1)c1cccc2ncccc12. The molecule has 0 bridgehead atoms. The Balaban J connectivity index is 1.57. The largest absolute Gasteiger partial charge is 0.424 e. The van der Waals surface area contributed by atoms with Gasteiger partial charge >= 0.3 is 6.01 Å². The Bertz CT molecular complexity index is 1060. The van der Waals surface area contributed by atoms with Gasteiger partial charge in [-0.1, -0.05) is 18.2 Å². The quantitative estimate of drug-likeness (QED) is 0.605. The number of carbonyl (C=O) groups excluding carboxylic acids is 1. The Kier molecular flexibility index (Phi) is 4.22. The number of nitrogens with zero attached hydrogens (tertiary/aromatic N) is 3. The van der Waals surface area contributed by atoms with Gasteiger partial charge in [-0.05, 0) is 36.4 Å². The lowest BCUT2D eigenvalue weighted by Crippen LogP contribution is -2.12. The molecule has 1 N–H and O–H groups in total. The van der Waals surface area contributed by atoms with E-state index < -0.39 is 0 Å². The second kappa shape index (κ2) is 6.98. The van der Waals surface area contributed by atoms with Crippen LogP contribution in [0.3, 0.4) is 0 Å². The number of hydrogen-bond acceptors (Lipinski definition) is 5. The van der Waals surface area contributed by atoms with Crippen molar-refractivity contribution in [1.82, 2.24) is 15.0 Å². The van der Waals surface area contributed by atoms with Crippen molar-refractivity contribution in [3.05, 3.63) is 84.8 Å². The van der Waals surface area contributed by atoms with Crippen molar-refractivity contribution < 1.29 is 9.53 Å². The summed E-state index contributed by atoms with van der Waals surface area (Å²) in [4.78, 5) is 25.0. The minimum absolute atomic E-state index is 0.211. The summed E-state index contributed by atoms with van der Waals surface area (Å²) in [6.45, 7) is 0. The average molecular weight is 342 g/mol. The number of hydrogen-bond donors (Lipinski definition) is 1. The zero-order valence-electron chi connectivity index (χ0n) is 13.7. The van der Waals surface area contributed by atoms with Gasteiger partial charge in [0.25, 0.3) is 5.91 Å². The molecule has 126 valence electrons. The van der Waals surface area contributed by atoms with Gasteiger partial charge in [0.15, 0.2) is 0 Å². The van der Waals surface area contributed by atoms with Crippen molar-refractivity contribution in [3.63, 3.8) is 0 Å². The summed E-state index contributed by atoms with van der Waals surface area (Å²) in [6.07, 6.45) is 4.90. The maximum absolute atomic E-state index is 12.7. The van der Waals surface area contributed by atoms with E-state index >= 15 is 0 Å². The fourth-order valence-electron chi connectivity index (χ4n) is 2.58. The standard InChI is InChI=1S/C20H14N4O2/c25-19(17-7-2-9-18-16(17)8-3-10-21-18)24-14-5-1-6-15(13-14)26-20-22-11-4-12-23-20/h1-13H,(H,24,25). The maximum atomic E-state index is 12.7. The molecular formula is C20H14N4O2. The van der Waals surface area contributed by atoms with Crippen molar-refractivity contribution in [2.24, 2.45) is 0 Å². The summed E-state index contributed by atoms with van der Waals surface area (Å²) in [5.74, 6) is 0.324. The first-order chi connectivity index (χ1) is 12.8. The molecule has 0 radical (unpaired) electrons. The highest BCUT2D eigenvalue weighted by molar-refractivity contribution is 6.12. The summed E-state index contributed by atoms with van der Waals surface area (Å²) in [5.41, 5.74) is 1.95. The number of ether oxygens (including phenoxy) is 1. The van der Waals surface area contributed by atoms with Crippen molar-refractivity contribution in [1.29, 1.82) is 0 Å². The second-order valence-corrected chi connectivity index (χ2v) is 5.49. The van der Waals surface area contributed by atoms with Crippen LogP contribution in [0.25, 0.3) is 10.9 Å². The van der Waals surface area contributed by atoms with Crippen LogP contribution in [0.1, 0.15) is 10.4 Å². The molecule has 0 atom stereocenters. The van der Waals surface area contributed by atoms with Crippen molar-refractivity contribution in [3.8, 4) is 11.8 Å². The Morgan fingerprint density at radius 1 is 0.846 bits per heavy atom. The predicted octanol–water partition coefficient (Wildman–Crippen LogP) is 4.07. The Hall–Kier alpha value is -3.80. The third kappa shape index (κ3) is 3.34. The van der Waals surface area contributed by atoms with E-state index in [-0.39, 0.29) is 11.9 Å². The fraction of sp³-hybridized carbons (Fsp3) is 0. The van der Waals surface area contributed by atoms with Gasteiger partial charge in [-0.15, -0.1) is 0 Å². The molecule has 6 heteroatoms. The molecule has 4 aromatic rings. The van der Waals surface area contributed by atoms with E-state index in [2.05, 4.69) is 20.3 Å². The molecule has 0 unspecified atom stereocenters. The van der Waals surface area contributed by atoms with Crippen LogP contribution in [0.5, 0.6) is 11.8 Å². The van der Waals surface area contributed by atoms with Gasteiger partial charge in [-0.25, -0.2) is 9.97 Å². The summed E-state index contributed by atoms with van der Waals surface area (Å²) < 4.78 is 5.59. The monoisotopic (exact) mass is 342 g/mol. The van der Waals surface area contributed by atoms with Crippen molar-refractivity contribution in [2.75, 3.05) is 5.32 Å². The molecule has 0 saturated carbocycles. The van der Waals surface area contributed by atoms with Crippen LogP contribution >= 0.6 is 0 Å². The van der Waals surface area contributed by atoms with Gasteiger partial charge in [0.2, 0.25) is 0 Å². The summed E-state index contributed by atoms with van der Waals surface area (Å²) >= 11 is 0. The molecule has 2 aromatic carbocycles. The van der Waals surface area contributed by atoms with Gasteiger partial charge in [0.05, 0.1) is 5.52 Å². The molecule has 0 spiro atoms. The lowest BCUT2D eigenvalue weighted by molar-refractivity contribution is 0.102. The van der Waals surface area contributed by atoms with Gasteiger partial charge in [0.1, 0.15) is 5.75 Å². The first kappa shape index (κ1) is 15.7. The van der Waals surface area contributed by atoms with Gasteiger partial charge < -0.3 is 10.1 Å². The molecule has 2 heterocycles. The van der Waals surface area contributed by atoms with Crippen LogP contribution in [-0.4, -0.2) is 20.9 Å². The number of carbonyl (C=O) groups is 1. The van der Waals surface area contributed by atoms with E-state index in [0.717, 1.165) is 10.9 Å². The zero-order chi connectivity index (χ0) is 17.8. The second-order valence-electron chi connectivity index (χ2n) is 5.49. The van der Waals surface area contributed by atoms with Gasteiger partial charge in [-0.2, -0.15) is 0 Å². The zero-order valence-corrected chi connectivity index (χ0v) is 13.7. The topological polar surface area (TPSA) is 77.0 Å². The highest BCUT2D eigenvalue weighted by atomic mass is 16.5. The van der Waals surface area contributed by atoms with E-state index in [1.54, 1.807) is 55.0 Å². The number of fused-ring (bicyclic) bond motifs is 1. The fourth-order valence-corrected chi connectivity index (χ4v) is 2.58. The van der Waals surface area contributed by atoms with Crippen LogP contribution in [0.4, 0.5) is 5.69 Å². The Morgan fingerprint density at radius 2 is 1.65 bits per heavy atom. The summed E-state index contributed by atoms with van der Waals surface area (Å²) in [6, 6.07) is 18.2. The predicted molar refractivity (Wildman–Crippen MR) is 98.2 cm³/mol. The van der Waals surface area contributed by atoms with E-state index in [1.807, 2.05) is 24.3 Å². The normalized spacial score (nSPS) is 10.5. The third-order valence-electron chi connectivity index (χ3n) is 3.73. The highest BCUT2D eigenvalue weighted by Crippen LogP contribution is 2.23. The van der Waals surface area contributed by atoms with Crippen molar-refractivity contribution in [2.45, 2.75) is 0 Å². The summed E-state index contributed by atoms with van der Waals surface area (Å²) in [7, 11) is 0. The minimum Gasteiger partial charge on any atom is -0.424 e. The van der Waals surface area contributed by atoms with E-state index in [9.17, 15) is 4.79 Å². The molecule has 0 aliphatic heterocycles. The van der Waals surface area contributed by atoms with Crippen LogP contribution in [0.15, 0.2) is 79.3 Å². The summed E-state index contributed by atoms with van der Waals surface area (Å²) in [5, 5.41) is 3.69. The molecule has 0 saturated heterocycles. The molecular weight excluding hydrogens is 328 g/mol. The number of rotatable bonds is 4. The van der Waals surface area contributed by atoms with E-state index in [4.69, 9.17) is 4.74 Å². The Morgan fingerprint density at radius 3 is 2.54 bits per heavy atom. The highest BCUT2D eigenvalue weighted by Gasteiger charge is 2.11. The van der Waals surface area contributed by atoms with E-state index in [0.29, 0.717) is 17.0 Å².